The lowest BCUT2D eigenvalue weighted by molar-refractivity contribution is -0.00834. The summed E-state index contributed by atoms with van der Waals surface area (Å²) in [7, 11) is -6.60. The quantitative estimate of drug-likeness (QED) is 0.297. The van der Waals surface area contributed by atoms with Gasteiger partial charge >= 0.3 is 0 Å². The van der Waals surface area contributed by atoms with Crippen LogP contribution >= 0.6 is 11.6 Å². The Morgan fingerprint density at radius 1 is 1.02 bits per heavy atom. The predicted molar refractivity (Wildman–Crippen MR) is 185 cm³/mol. The summed E-state index contributed by atoms with van der Waals surface area (Å²) in [4.78, 5) is 15.7. The molecule has 1 amide bonds. The molecule has 0 saturated heterocycles. The first-order valence-electron chi connectivity index (χ1n) is 16.0. The summed E-state index contributed by atoms with van der Waals surface area (Å²) < 4.78 is 82.7. The molecule has 0 aromatic heterocycles. The van der Waals surface area contributed by atoms with Gasteiger partial charge in [0.1, 0.15) is 11.6 Å². The van der Waals surface area contributed by atoms with Crippen molar-refractivity contribution in [3.63, 3.8) is 0 Å². The third-order valence-electron chi connectivity index (χ3n) is 8.39. The molecule has 11 nitrogen and oxygen atoms in total. The van der Waals surface area contributed by atoms with Gasteiger partial charge in [0.15, 0.2) is 0 Å². The van der Waals surface area contributed by atoms with E-state index in [9.17, 15) is 31.1 Å². The van der Waals surface area contributed by atoms with Crippen molar-refractivity contribution in [2.24, 2.45) is 5.92 Å². The van der Waals surface area contributed by atoms with Crippen molar-refractivity contribution in [2.75, 3.05) is 38.1 Å². The van der Waals surface area contributed by atoms with Crippen LogP contribution in [0.4, 0.5) is 10.1 Å². The van der Waals surface area contributed by atoms with Crippen LogP contribution in [0.2, 0.25) is 5.02 Å². The summed E-state index contributed by atoms with van der Waals surface area (Å²) in [6, 6.07) is 14.0. The summed E-state index contributed by atoms with van der Waals surface area (Å²) in [6.07, 6.45) is 1.05. The molecule has 15 heteroatoms. The number of ether oxygens (including phenoxy) is 2. The number of likely N-dealkylation sites (N-methyl/N-ethyl adjacent to an activating group) is 1. The molecule has 4 rings (SSSR count). The summed E-state index contributed by atoms with van der Waals surface area (Å²) in [5.74, 6) is -1.25. The summed E-state index contributed by atoms with van der Waals surface area (Å²) in [6.45, 7) is 5.34. The summed E-state index contributed by atoms with van der Waals surface area (Å²) >= 11 is 5.93. The Kier molecular flexibility index (Phi) is 13.1. The number of nitrogens with zero attached hydrogens (tertiary/aromatic N) is 2. The molecule has 1 heterocycles. The average molecular weight is 740 g/mol. The second kappa shape index (κ2) is 16.6. The SMILES string of the molecule is C[C@@H]1CCCCO[C@@H](CN(C)S(=O)(=O)c2ccc(F)cc2)[C@H](C)CN([C@@H](C)CO)C(=O)c2cc(NS(=O)(=O)c3ccc(Cl)cc3)ccc2O1. The van der Waals surface area contributed by atoms with E-state index in [-0.39, 0.29) is 52.6 Å². The minimum atomic E-state index is -4.03. The standard InChI is InChI=1S/C34H43ClFN3O8S2/c1-23-20-39(24(2)22-40)34(41)31-19-28(37-48(42,43)29-13-8-26(35)9-14-29)12-17-32(31)47-25(3)7-5-6-18-46-33(23)21-38(4)49(44,45)30-15-10-27(36)11-16-30/h8-17,19,23-25,33,37,40H,5-7,18,20-22H2,1-4H3/t23-,24+,25-,33+/m1/s1. The molecular formula is C34H43ClFN3O8S2. The van der Waals surface area contributed by atoms with Crippen molar-refractivity contribution in [1.29, 1.82) is 0 Å². The van der Waals surface area contributed by atoms with Gasteiger partial charge in [0.2, 0.25) is 10.0 Å². The fraction of sp³-hybridized carbons (Fsp3) is 0.441. The highest BCUT2D eigenvalue weighted by Crippen LogP contribution is 2.30. The molecule has 0 fully saturated rings. The van der Waals surface area contributed by atoms with Crippen LogP contribution in [0.5, 0.6) is 5.75 Å². The molecule has 0 aliphatic carbocycles. The van der Waals surface area contributed by atoms with E-state index < -0.39 is 49.8 Å². The highest BCUT2D eigenvalue weighted by Gasteiger charge is 2.32. The molecule has 0 saturated carbocycles. The van der Waals surface area contributed by atoms with E-state index in [4.69, 9.17) is 21.1 Å². The lowest BCUT2D eigenvalue weighted by Crippen LogP contribution is -2.48. The third-order valence-corrected chi connectivity index (χ3v) is 11.9. The highest BCUT2D eigenvalue weighted by molar-refractivity contribution is 7.92. The number of rotatable bonds is 9. The number of sulfonamides is 2. The van der Waals surface area contributed by atoms with Gasteiger partial charge in [-0.15, -0.1) is 0 Å². The van der Waals surface area contributed by atoms with Crippen LogP contribution in [0.25, 0.3) is 0 Å². The van der Waals surface area contributed by atoms with Crippen molar-refractivity contribution in [3.8, 4) is 5.75 Å². The fourth-order valence-corrected chi connectivity index (χ4v) is 7.77. The molecule has 4 atom stereocenters. The number of fused-ring (bicyclic) bond motifs is 1. The zero-order valence-corrected chi connectivity index (χ0v) is 30.3. The number of hydrogen-bond acceptors (Lipinski definition) is 8. The van der Waals surface area contributed by atoms with E-state index >= 15 is 0 Å². The topological polar surface area (TPSA) is 143 Å². The van der Waals surface area contributed by atoms with Crippen LogP contribution in [0.15, 0.2) is 76.5 Å². The molecule has 0 radical (unpaired) electrons. The minimum absolute atomic E-state index is 0.0185. The van der Waals surface area contributed by atoms with Crippen LogP contribution in [0.1, 0.15) is 50.4 Å². The maximum Gasteiger partial charge on any atom is 0.261 e. The molecule has 268 valence electrons. The van der Waals surface area contributed by atoms with Crippen molar-refractivity contribution in [1.82, 2.24) is 9.21 Å². The van der Waals surface area contributed by atoms with Crippen molar-refractivity contribution >= 4 is 43.2 Å². The lowest BCUT2D eigenvalue weighted by Gasteiger charge is -2.35. The number of halogens is 2. The molecule has 3 aromatic rings. The van der Waals surface area contributed by atoms with E-state index in [1.807, 2.05) is 13.8 Å². The monoisotopic (exact) mass is 739 g/mol. The first kappa shape index (κ1) is 38.5. The number of nitrogens with one attached hydrogen (secondary N) is 1. The fourth-order valence-electron chi connectivity index (χ4n) is 5.41. The van der Waals surface area contributed by atoms with Gasteiger partial charge in [-0.05, 0) is 99.8 Å². The van der Waals surface area contributed by atoms with Crippen molar-refractivity contribution in [2.45, 2.75) is 68.1 Å². The summed E-state index contributed by atoms with van der Waals surface area (Å²) in [5.41, 5.74) is 0.207. The molecule has 1 aliphatic heterocycles. The first-order valence-corrected chi connectivity index (χ1v) is 19.3. The van der Waals surface area contributed by atoms with Gasteiger partial charge in [-0.1, -0.05) is 18.5 Å². The van der Waals surface area contributed by atoms with Gasteiger partial charge in [0, 0.05) is 43.4 Å². The van der Waals surface area contributed by atoms with Crippen molar-refractivity contribution in [3.05, 3.63) is 83.1 Å². The van der Waals surface area contributed by atoms with Crippen LogP contribution in [0.3, 0.4) is 0 Å². The number of benzene rings is 3. The number of anilines is 1. The third kappa shape index (κ3) is 9.92. The van der Waals surface area contributed by atoms with Crippen LogP contribution in [-0.2, 0) is 24.8 Å². The number of aliphatic hydroxyl groups excluding tert-OH is 1. The minimum Gasteiger partial charge on any atom is -0.490 e. The number of carbonyl (C=O) groups excluding carboxylic acids is 1. The number of carbonyl (C=O) groups is 1. The first-order chi connectivity index (χ1) is 23.1. The molecule has 1 aliphatic rings. The Labute approximate surface area is 293 Å². The average Bonchev–Trinajstić information content (AvgIpc) is 3.06. The Morgan fingerprint density at radius 2 is 1.67 bits per heavy atom. The van der Waals surface area contributed by atoms with Gasteiger partial charge in [0.05, 0.1) is 40.2 Å². The molecule has 0 unspecified atom stereocenters. The second-order valence-corrected chi connectivity index (χ2v) is 16.5. The van der Waals surface area contributed by atoms with E-state index in [0.717, 1.165) is 22.9 Å². The van der Waals surface area contributed by atoms with Gasteiger partial charge < -0.3 is 19.5 Å². The Bertz CT molecular complexity index is 1790. The second-order valence-electron chi connectivity index (χ2n) is 12.3. The highest BCUT2D eigenvalue weighted by atomic mass is 35.5. The zero-order valence-electron chi connectivity index (χ0n) is 27.9. The van der Waals surface area contributed by atoms with Gasteiger partial charge in [-0.25, -0.2) is 21.2 Å². The molecule has 49 heavy (non-hydrogen) atoms. The van der Waals surface area contributed by atoms with Gasteiger partial charge in [-0.3, -0.25) is 9.52 Å². The maximum atomic E-state index is 14.4. The van der Waals surface area contributed by atoms with Crippen molar-refractivity contribution < 1.29 is 40.6 Å². The Morgan fingerprint density at radius 3 is 2.33 bits per heavy atom. The normalized spacial score (nSPS) is 20.6. The molecule has 0 spiro atoms. The Balaban J connectivity index is 1.67. The molecular weight excluding hydrogens is 697 g/mol. The number of amides is 1. The van der Waals surface area contributed by atoms with Gasteiger partial charge in [0.25, 0.3) is 15.9 Å². The van der Waals surface area contributed by atoms with Crippen LogP contribution in [0, 0.1) is 11.7 Å². The van der Waals surface area contributed by atoms with E-state index in [1.54, 1.807) is 13.0 Å². The summed E-state index contributed by atoms with van der Waals surface area (Å²) in [5, 5.41) is 10.6. The molecule has 0 bridgehead atoms. The smallest absolute Gasteiger partial charge is 0.261 e. The predicted octanol–water partition coefficient (Wildman–Crippen LogP) is 5.40. The largest absolute Gasteiger partial charge is 0.490 e. The molecule has 2 N–H and O–H groups in total. The van der Waals surface area contributed by atoms with E-state index in [2.05, 4.69) is 4.72 Å². The zero-order chi connectivity index (χ0) is 35.9. The maximum absolute atomic E-state index is 14.4. The number of aliphatic hydroxyl groups is 1. The van der Waals surface area contributed by atoms with E-state index in [1.165, 1.54) is 60.5 Å². The van der Waals surface area contributed by atoms with Crippen LogP contribution < -0.4 is 9.46 Å². The Hall–Kier alpha value is -3.27. The lowest BCUT2D eigenvalue weighted by atomic mass is 10.0. The molecule has 3 aromatic carbocycles. The van der Waals surface area contributed by atoms with Gasteiger partial charge in [-0.2, -0.15) is 4.31 Å². The van der Waals surface area contributed by atoms with E-state index in [0.29, 0.717) is 24.5 Å². The van der Waals surface area contributed by atoms with Crippen LogP contribution in [-0.4, -0.2) is 88.7 Å². The number of hydrogen-bond donors (Lipinski definition) is 2.